The summed E-state index contributed by atoms with van der Waals surface area (Å²) in [7, 11) is 1.85. The smallest absolute Gasteiger partial charge is 0.270 e. The van der Waals surface area contributed by atoms with Crippen LogP contribution in [0.1, 0.15) is 65.3 Å². The van der Waals surface area contributed by atoms with Crippen LogP contribution in [0, 0.1) is 0 Å². The van der Waals surface area contributed by atoms with Gasteiger partial charge in [0.05, 0.1) is 11.6 Å². The number of aromatic amines is 1. The average molecular weight is 476 g/mol. The molecule has 182 valence electrons. The summed E-state index contributed by atoms with van der Waals surface area (Å²) in [6.07, 6.45) is 7.42. The standard InChI is InChI=1S/C26H29N5O4/c1-30-24-18(22(29-30)19-8-9-21(32)28-25(19)33)6-3-7-20(24)35-16-10-12-31(13-11-16)26(34)23-17-5-2-4-15(17)14-27-23/h3,6-7,14,16,19,27H,2,4-5,8-13H2,1H3,(H,28,32,33). The van der Waals surface area contributed by atoms with Crippen LogP contribution in [0.25, 0.3) is 10.9 Å². The molecule has 2 saturated heterocycles. The predicted molar refractivity (Wildman–Crippen MR) is 128 cm³/mol. The van der Waals surface area contributed by atoms with E-state index in [9.17, 15) is 14.4 Å². The molecular formula is C26H29N5O4. The second-order valence-electron chi connectivity index (χ2n) is 9.80. The third kappa shape index (κ3) is 3.79. The van der Waals surface area contributed by atoms with Crippen molar-refractivity contribution in [3.05, 3.63) is 46.9 Å². The van der Waals surface area contributed by atoms with Crippen molar-refractivity contribution in [2.75, 3.05) is 13.1 Å². The Hall–Kier alpha value is -3.62. The Morgan fingerprint density at radius 3 is 2.74 bits per heavy atom. The van der Waals surface area contributed by atoms with Gasteiger partial charge in [-0.05, 0) is 42.9 Å². The van der Waals surface area contributed by atoms with Crippen LogP contribution < -0.4 is 10.1 Å². The molecule has 0 saturated carbocycles. The highest BCUT2D eigenvalue weighted by atomic mass is 16.5. The van der Waals surface area contributed by atoms with Gasteiger partial charge < -0.3 is 14.6 Å². The first-order chi connectivity index (χ1) is 17.0. The van der Waals surface area contributed by atoms with Gasteiger partial charge in [-0.3, -0.25) is 24.4 Å². The van der Waals surface area contributed by atoms with Gasteiger partial charge in [-0.25, -0.2) is 0 Å². The maximum absolute atomic E-state index is 13.1. The SMILES string of the molecule is Cn1nc(C2CCC(=O)NC2=O)c2cccc(OC3CCN(C(=O)c4[nH]cc5c4CCC5)CC3)c21. The summed E-state index contributed by atoms with van der Waals surface area (Å²) in [6.45, 7) is 1.31. The van der Waals surface area contributed by atoms with Crippen LogP contribution in [0.15, 0.2) is 24.4 Å². The summed E-state index contributed by atoms with van der Waals surface area (Å²) in [6, 6.07) is 5.79. The van der Waals surface area contributed by atoms with Crippen LogP contribution in [0.3, 0.4) is 0 Å². The fourth-order valence-corrected chi connectivity index (χ4v) is 5.80. The molecule has 0 radical (unpaired) electrons. The van der Waals surface area contributed by atoms with Gasteiger partial charge in [0.2, 0.25) is 11.8 Å². The van der Waals surface area contributed by atoms with E-state index in [2.05, 4.69) is 15.4 Å². The topological polar surface area (TPSA) is 109 Å². The Morgan fingerprint density at radius 1 is 1.11 bits per heavy atom. The number of hydrogen-bond acceptors (Lipinski definition) is 5. The Kier molecular flexibility index (Phi) is 5.35. The maximum Gasteiger partial charge on any atom is 0.270 e. The van der Waals surface area contributed by atoms with Crippen molar-refractivity contribution in [3.8, 4) is 5.75 Å². The molecule has 0 spiro atoms. The zero-order valence-electron chi connectivity index (χ0n) is 19.8. The first-order valence-electron chi connectivity index (χ1n) is 12.4. The van der Waals surface area contributed by atoms with Gasteiger partial charge in [-0.1, -0.05) is 12.1 Å². The van der Waals surface area contributed by atoms with Crippen LogP contribution in [0.5, 0.6) is 5.75 Å². The van der Waals surface area contributed by atoms with E-state index in [1.54, 1.807) is 4.68 Å². The van der Waals surface area contributed by atoms with E-state index >= 15 is 0 Å². The highest BCUT2D eigenvalue weighted by Gasteiger charge is 2.33. The van der Waals surface area contributed by atoms with Crippen LogP contribution in [-0.2, 0) is 29.5 Å². The number of rotatable bonds is 4. The number of fused-ring (bicyclic) bond motifs is 2. The number of carbonyl (C=O) groups is 3. The maximum atomic E-state index is 13.1. The zero-order chi connectivity index (χ0) is 24.1. The number of aromatic nitrogens is 3. The molecule has 3 aliphatic rings. The molecule has 1 atom stereocenters. The van der Waals surface area contributed by atoms with E-state index in [4.69, 9.17) is 4.74 Å². The summed E-state index contributed by atoms with van der Waals surface area (Å²) >= 11 is 0. The number of likely N-dealkylation sites (tertiary alicyclic amines) is 1. The number of nitrogens with one attached hydrogen (secondary N) is 2. The van der Waals surface area contributed by atoms with Crippen LogP contribution in [-0.4, -0.2) is 56.6 Å². The Morgan fingerprint density at radius 2 is 1.94 bits per heavy atom. The summed E-state index contributed by atoms with van der Waals surface area (Å²) in [5.74, 6) is -0.161. The van der Waals surface area contributed by atoms with Gasteiger partial charge in [0.25, 0.3) is 5.91 Å². The highest BCUT2D eigenvalue weighted by molar-refractivity contribution is 6.03. The van der Waals surface area contributed by atoms with Gasteiger partial charge in [0, 0.05) is 51.0 Å². The molecule has 1 aromatic carbocycles. The van der Waals surface area contributed by atoms with Crippen molar-refractivity contribution < 1.29 is 19.1 Å². The molecule has 9 nitrogen and oxygen atoms in total. The number of carbonyl (C=O) groups excluding carboxylic acids is 3. The van der Waals surface area contributed by atoms with Crippen LogP contribution in [0.2, 0.25) is 0 Å². The zero-order valence-corrected chi connectivity index (χ0v) is 19.8. The number of nitrogens with zero attached hydrogens (tertiary/aromatic N) is 3. The van der Waals surface area contributed by atoms with E-state index in [1.807, 2.05) is 36.3 Å². The lowest BCUT2D eigenvalue weighted by molar-refractivity contribution is -0.134. The monoisotopic (exact) mass is 475 g/mol. The van der Waals surface area contributed by atoms with Crippen LogP contribution in [0.4, 0.5) is 0 Å². The lowest BCUT2D eigenvalue weighted by atomic mass is 9.93. The van der Waals surface area contributed by atoms with Gasteiger partial charge in [-0.2, -0.15) is 5.10 Å². The van der Waals surface area contributed by atoms with Crippen molar-refractivity contribution in [2.45, 2.75) is 57.0 Å². The molecule has 2 N–H and O–H groups in total. The largest absolute Gasteiger partial charge is 0.488 e. The van der Waals surface area contributed by atoms with Crippen molar-refractivity contribution in [1.82, 2.24) is 25.0 Å². The first-order valence-corrected chi connectivity index (χ1v) is 12.4. The Labute approximate surface area is 202 Å². The second kappa shape index (κ2) is 8.55. The van der Waals surface area contributed by atoms with Gasteiger partial charge >= 0.3 is 0 Å². The van der Waals surface area contributed by atoms with E-state index in [0.29, 0.717) is 31.6 Å². The molecule has 9 heteroatoms. The summed E-state index contributed by atoms with van der Waals surface area (Å²) < 4.78 is 8.18. The Balaban J connectivity index is 1.17. The number of ether oxygens (including phenoxy) is 1. The van der Waals surface area contributed by atoms with Crippen molar-refractivity contribution in [2.24, 2.45) is 7.05 Å². The Bertz CT molecular complexity index is 1330. The van der Waals surface area contributed by atoms with E-state index in [1.165, 1.54) is 11.1 Å². The fraction of sp³-hybridized carbons (Fsp3) is 0.462. The highest BCUT2D eigenvalue weighted by Crippen LogP contribution is 2.35. The summed E-state index contributed by atoms with van der Waals surface area (Å²) in [4.78, 5) is 42.2. The van der Waals surface area contributed by atoms with E-state index in [0.717, 1.165) is 54.5 Å². The molecule has 1 aliphatic carbocycles. The third-order valence-corrected chi connectivity index (χ3v) is 7.62. The quantitative estimate of drug-likeness (QED) is 0.564. The van der Waals surface area contributed by atoms with Crippen molar-refractivity contribution in [3.63, 3.8) is 0 Å². The number of benzene rings is 1. The molecule has 2 aromatic heterocycles. The first kappa shape index (κ1) is 21.9. The molecule has 3 aromatic rings. The molecular weight excluding hydrogens is 446 g/mol. The average Bonchev–Trinajstić information content (AvgIpc) is 3.55. The van der Waals surface area contributed by atoms with Crippen molar-refractivity contribution in [1.29, 1.82) is 0 Å². The minimum absolute atomic E-state index is 0.00652. The molecule has 2 aliphatic heterocycles. The predicted octanol–water partition coefficient (Wildman–Crippen LogP) is 2.59. The number of hydrogen-bond donors (Lipinski definition) is 2. The fourth-order valence-electron chi connectivity index (χ4n) is 5.80. The van der Waals surface area contributed by atoms with Gasteiger partial charge in [0.15, 0.2) is 0 Å². The summed E-state index contributed by atoms with van der Waals surface area (Å²) in [5.41, 5.74) is 4.76. The minimum Gasteiger partial charge on any atom is -0.488 e. The number of aryl methyl sites for hydroxylation is 2. The second-order valence-corrected chi connectivity index (χ2v) is 9.80. The van der Waals surface area contributed by atoms with Gasteiger partial charge in [0.1, 0.15) is 23.1 Å². The lowest BCUT2D eigenvalue weighted by Crippen LogP contribution is -2.42. The lowest BCUT2D eigenvalue weighted by Gasteiger charge is -2.32. The van der Waals surface area contributed by atoms with Crippen molar-refractivity contribution >= 4 is 28.6 Å². The molecule has 3 amide bonds. The molecule has 0 bridgehead atoms. The van der Waals surface area contributed by atoms with Crippen LogP contribution >= 0.6 is 0 Å². The number of imide groups is 1. The molecule has 1 unspecified atom stereocenters. The van der Waals surface area contributed by atoms with E-state index < -0.39 is 5.92 Å². The molecule has 2 fully saturated rings. The van der Waals surface area contributed by atoms with E-state index in [-0.39, 0.29) is 23.8 Å². The molecule has 6 rings (SSSR count). The number of piperidine rings is 2. The summed E-state index contributed by atoms with van der Waals surface area (Å²) in [5, 5.41) is 7.94. The number of para-hydroxylation sites is 1. The van der Waals surface area contributed by atoms with Gasteiger partial charge in [-0.15, -0.1) is 0 Å². The molecule has 35 heavy (non-hydrogen) atoms. The molecule has 4 heterocycles. The number of amides is 3. The third-order valence-electron chi connectivity index (χ3n) is 7.62. The minimum atomic E-state index is -0.449. The number of H-pyrrole nitrogens is 1. The normalized spacial score (nSPS) is 20.8.